The first-order valence-corrected chi connectivity index (χ1v) is 11.6. The molecule has 0 unspecified atom stereocenters. The van der Waals surface area contributed by atoms with Crippen LogP contribution in [0.25, 0.3) is 11.5 Å². The molecule has 1 saturated carbocycles. The summed E-state index contributed by atoms with van der Waals surface area (Å²) in [4.78, 5) is 27.0. The van der Waals surface area contributed by atoms with Gasteiger partial charge >= 0.3 is 12.5 Å². The Morgan fingerprint density at radius 1 is 1.19 bits per heavy atom. The van der Waals surface area contributed by atoms with Crippen molar-refractivity contribution in [2.24, 2.45) is 0 Å². The predicted octanol–water partition coefficient (Wildman–Crippen LogP) is 5.11. The minimum Gasteiger partial charge on any atom is -0.445 e. The highest BCUT2D eigenvalue weighted by atomic mass is 19.3. The smallest absolute Gasteiger partial charge is 0.407 e. The molecule has 2 amide bonds. The Bertz CT molecular complexity index is 1300. The topological polar surface area (TPSA) is 97.6 Å². The number of nitrogens with zero attached hydrogens (tertiary/aromatic N) is 3. The van der Waals surface area contributed by atoms with Crippen molar-refractivity contribution in [1.82, 2.24) is 20.4 Å². The second-order valence-electron chi connectivity index (χ2n) is 8.96. The van der Waals surface area contributed by atoms with E-state index in [1.807, 2.05) is 0 Å². The van der Waals surface area contributed by atoms with E-state index in [4.69, 9.17) is 9.15 Å². The van der Waals surface area contributed by atoms with Crippen LogP contribution in [0.15, 0.2) is 52.9 Å². The van der Waals surface area contributed by atoms with Gasteiger partial charge in [0.2, 0.25) is 5.89 Å². The molecule has 8 nitrogen and oxygen atoms in total. The van der Waals surface area contributed by atoms with Crippen LogP contribution in [0.1, 0.15) is 53.1 Å². The number of nitrogens with one attached hydrogen (secondary N) is 1. The largest absolute Gasteiger partial charge is 0.445 e. The maximum Gasteiger partial charge on any atom is 0.407 e. The Morgan fingerprint density at radius 3 is 2.70 bits per heavy atom. The van der Waals surface area contributed by atoms with Gasteiger partial charge in [-0.05, 0) is 36.1 Å². The molecule has 0 radical (unpaired) electrons. The van der Waals surface area contributed by atoms with E-state index in [0.717, 1.165) is 0 Å². The zero-order valence-corrected chi connectivity index (χ0v) is 19.4. The lowest BCUT2D eigenvalue weighted by molar-refractivity contribution is -0.0886. The van der Waals surface area contributed by atoms with Gasteiger partial charge in [-0.15, -0.1) is 10.2 Å². The van der Waals surface area contributed by atoms with E-state index >= 15 is 8.78 Å². The van der Waals surface area contributed by atoms with Gasteiger partial charge in [-0.2, -0.15) is 8.78 Å². The Hall–Kier alpha value is -3.96. The molecule has 12 heteroatoms. The van der Waals surface area contributed by atoms with Gasteiger partial charge in [-0.3, -0.25) is 4.79 Å². The van der Waals surface area contributed by atoms with Crippen LogP contribution < -0.4 is 5.32 Å². The Balaban J connectivity index is 1.33. The second-order valence-corrected chi connectivity index (χ2v) is 8.96. The average molecular weight is 518 g/mol. The van der Waals surface area contributed by atoms with Gasteiger partial charge in [-0.1, -0.05) is 36.4 Å². The van der Waals surface area contributed by atoms with Gasteiger partial charge in [0, 0.05) is 24.1 Å². The van der Waals surface area contributed by atoms with Crippen LogP contribution in [0.4, 0.5) is 22.4 Å². The molecule has 2 aliphatic rings. The number of hydrogen-bond acceptors (Lipinski definition) is 6. The van der Waals surface area contributed by atoms with Crippen LogP contribution >= 0.6 is 0 Å². The number of amides is 2. The number of rotatable bonds is 6. The van der Waals surface area contributed by atoms with E-state index in [1.54, 1.807) is 36.4 Å². The van der Waals surface area contributed by atoms with Gasteiger partial charge in [0.05, 0.1) is 6.04 Å². The summed E-state index contributed by atoms with van der Waals surface area (Å²) in [6, 6.07) is 10.7. The zero-order chi connectivity index (χ0) is 26.2. The van der Waals surface area contributed by atoms with Crippen LogP contribution in [0.3, 0.4) is 0 Å². The van der Waals surface area contributed by atoms with Crippen molar-refractivity contribution in [1.29, 1.82) is 0 Å². The van der Waals surface area contributed by atoms with Gasteiger partial charge in [0.1, 0.15) is 12.6 Å². The number of benzene rings is 2. The first kappa shape index (κ1) is 24.7. The standard InChI is InChI=1S/C25H22F4N4O4/c26-20(27)22-32-31-21(37-22)15-8-9-16-12-33(23(34)17(16)11-15)18-7-4-10-25(28,29)19(18)30-24(35)36-13-14-5-2-1-3-6-14/h1-3,5-6,8-9,11,18-20H,4,7,10,12-13H2,(H,30,35)/t18-,19-/m1/s1. The molecule has 37 heavy (non-hydrogen) atoms. The van der Waals surface area contributed by atoms with Gasteiger partial charge in [0.25, 0.3) is 17.7 Å². The van der Waals surface area contributed by atoms with Crippen molar-refractivity contribution >= 4 is 12.0 Å². The second kappa shape index (κ2) is 9.83. The Kier molecular flexibility index (Phi) is 6.57. The zero-order valence-electron chi connectivity index (χ0n) is 19.4. The number of alkyl carbamates (subject to hydrolysis) is 1. The molecule has 1 fully saturated rings. The molecular weight excluding hydrogens is 496 g/mol. The summed E-state index contributed by atoms with van der Waals surface area (Å²) in [5.41, 5.74) is 1.74. The SMILES string of the molecule is O=C(N[C@@H]1[C@H](N2Cc3ccc(-c4nnc(C(F)F)o4)cc3C2=O)CCCC1(F)F)OCc1ccccc1. The van der Waals surface area contributed by atoms with Crippen molar-refractivity contribution in [3.05, 3.63) is 71.1 Å². The maximum atomic E-state index is 15.0. The van der Waals surface area contributed by atoms with E-state index in [9.17, 15) is 18.4 Å². The van der Waals surface area contributed by atoms with Crippen LogP contribution in [-0.4, -0.2) is 45.1 Å². The molecule has 0 saturated heterocycles. The fraction of sp³-hybridized carbons (Fsp3) is 0.360. The summed E-state index contributed by atoms with van der Waals surface area (Å²) >= 11 is 0. The third-order valence-electron chi connectivity index (χ3n) is 6.55. The fourth-order valence-corrected chi connectivity index (χ4v) is 4.74. The quantitative estimate of drug-likeness (QED) is 0.456. The summed E-state index contributed by atoms with van der Waals surface area (Å²) in [5.74, 6) is -4.81. The summed E-state index contributed by atoms with van der Waals surface area (Å²) in [7, 11) is 0. The molecular formula is C25H22F4N4O4. The predicted molar refractivity (Wildman–Crippen MR) is 121 cm³/mol. The first-order chi connectivity index (χ1) is 17.7. The molecule has 0 spiro atoms. The van der Waals surface area contributed by atoms with Crippen molar-refractivity contribution in [3.63, 3.8) is 0 Å². The lowest BCUT2D eigenvalue weighted by Gasteiger charge is -2.42. The molecule has 1 aromatic heterocycles. The van der Waals surface area contributed by atoms with E-state index in [0.29, 0.717) is 11.1 Å². The maximum absolute atomic E-state index is 15.0. The number of halogens is 4. The summed E-state index contributed by atoms with van der Waals surface area (Å²) < 4.78 is 65.7. The van der Waals surface area contributed by atoms with Crippen molar-refractivity contribution in [2.75, 3.05) is 0 Å². The molecule has 1 N–H and O–H groups in total. The number of carbonyl (C=O) groups excluding carboxylic acids is 2. The van der Waals surface area contributed by atoms with Crippen molar-refractivity contribution in [2.45, 2.75) is 56.8 Å². The van der Waals surface area contributed by atoms with E-state index < -0.39 is 48.7 Å². The third kappa shape index (κ3) is 5.00. The van der Waals surface area contributed by atoms with Crippen LogP contribution in [0.5, 0.6) is 0 Å². The molecule has 2 aromatic carbocycles. The van der Waals surface area contributed by atoms with Gasteiger partial charge in [0.15, 0.2) is 0 Å². The van der Waals surface area contributed by atoms with Gasteiger partial charge in [-0.25, -0.2) is 13.6 Å². The summed E-state index contributed by atoms with van der Waals surface area (Å²) in [5, 5.41) is 9.17. The number of hydrogen-bond donors (Lipinski definition) is 1. The molecule has 3 aromatic rings. The van der Waals surface area contributed by atoms with Crippen LogP contribution in [0, 0.1) is 0 Å². The average Bonchev–Trinajstić information content (AvgIpc) is 3.50. The van der Waals surface area contributed by atoms with E-state index in [-0.39, 0.29) is 43.0 Å². The molecule has 1 aliphatic heterocycles. The monoisotopic (exact) mass is 518 g/mol. The van der Waals surface area contributed by atoms with E-state index in [1.165, 1.54) is 17.0 Å². The molecule has 0 bridgehead atoms. The summed E-state index contributed by atoms with van der Waals surface area (Å²) in [6.45, 7) is -0.0337. The molecule has 5 rings (SSSR count). The first-order valence-electron chi connectivity index (χ1n) is 11.6. The highest BCUT2D eigenvalue weighted by Crippen LogP contribution is 2.39. The molecule has 2 atom stereocenters. The van der Waals surface area contributed by atoms with Crippen molar-refractivity contribution in [3.8, 4) is 11.5 Å². The van der Waals surface area contributed by atoms with Crippen LogP contribution in [0.2, 0.25) is 0 Å². The number of fused-ring (bicyclic) bond motifs is 1. The number of aromatic nitrogens is 2. The highest BCUT2D eigenvalue weighted by molar-refractivity contribution is 5.99. The molecule has 194 valence electrons. The van der Waals surface area contributed by atoms with Crippen LogP contribution in [-0.2, 0) is 17.9 Å². The lowest BCUT2D eigenvalue weighted by atomic mass is 9.86. The Labute approximate surface area is 208 Å². The number of ether oxygens (including phenoxy) is 1. The van der Waals surface area contributed by atoms with Gasteiger partial charge < -0.3 is 19.4 Å². The fourth-order valence-electron chi connectivity index (χ4n) is 4.74. The molecule has 1 aliphatic carbocycles. The lowest BCUT2D eigenvalue weighted by Crippen LogP contribution is -2.62. The van der Waals surface area contributed by atoms with Crippen molar-refractivity contribution < 1.29 is 36.3 Å². The minimum atomic E-state index is -3.26. The summed E-state index contributed by atoms with van der Waals surface area (Å²) in [6.07, 6.45) is -3.95. The third-order valence-corrected chi connectivity index (χ3v) is 6.55. The number of alkyl halides is 4. The molecule has 2 heterocycles. The highest BCUT2D eigenvalue weighted by Gasteiger charge is 2.52. The minimum absolute atomic E-state index is 0.0541. The Morgan fingerprint density at radius 2 is 1.97 bits per heavy atom. The number of carbonyl (C=O) groups is 2. The van der Waals surface area contributed by atoms with E-state index in [2.05, 4.69) is 15.5 Å². The normalized spacial score (nSPS) is 20.7.